The summed E-state index contributed by atoms with van der Waals surface area (Å²) in [5.41, 5.74) is 2.86. The number of ether oxygens (including phenoxy) is 1. The van der Waals surface area contributed by atoms with E-state index in [1.165, 1.54) is 0 Å². The van der Waals surface area contributed by atoms with E-state index in [0.29, 0.717) is 17.9 Å². The van der Waals surface area contributed by atoms with Crippen molar-refractivity contribution in [3.8, 4) is 10.6 Å². The molecule has 4 aromatic rings. The Kier molecular flexibility index (Phi) is 6.92. The van der Waals surface area contributed by atoms with E-state index in [1.54, 1.807) is 11.3 Å². The first-order valence-electron chi connectivity index (χ1n) is 13.9. The number of piperazine rings is 1. The van der Waals surface area contributed by atoms with Crippen molar-refractivity contribution in [1.29, 1.82) is 0 Å². The number of hydrogen-bond donors (Lipinski definition) is 2. The Morgan fingerprint density at radius 2 is 2.00 bits per heavy atom. The van der Waals surface area contributed by atoms with Crippen LogP contribution >= 0.6 is 11.3 Å². The average Bonchev–Trinajstić information content (AvgIpc) is 3.61. The quantitative estimate of drug-likeness (QED) is 0.348. The SMILES string of the molecule is Cc1cc(Nc2cc3nc(-c4ccnc(N5CCCOCC5)c4)sc3cn2)nc(N2C[C@@H]3C[C@H]2CN3CCO)n1. The highest BCUT2D eigenvalue weighted by Gasteiger charge is 2.44. The van der Waals surface area contributed by atoms with E-state index in [1.807, 2.05) is 37.5 Å². The number of β-amino-alcohol motifs (C(OH)–C–C–N with tert-alkyl or cyclic N) is 1. The zero-order chi connectivity index (χ0) is 27.1. The van der Waals surface area contributed by atoms with Crippen LogP contribution in [0.1, 0.15) is 18.5 Å². The maximum Gasteiger partial charge on any atom is 0.227 e. The van der Waals surface area contributed by atoms with Crippen LogP contribution in [-0.4, -0.2) is 99.6 Å². The van der Waals surface area contributed by atoms with Crippen molar-refractivity contribution in [2.45, 2.75) is 31.8 Å². The van der Waals surface area contributed by atoms with Crippen LogP contribution in [0, 0.1) is 6.92 Å². The molecule has 3 saturated heterocycles. The van der Waals surface area contributed by atoms with Crippen LogP contribution in [0.2, 0.25) is 0 Å². The molecule has 11 nitrogen and oxygen atoms in total. The second-order valence-corrected chi connectivity index (χ2v) is 11.7. The average molecular weight is 560 g/mol. The van der Waals surface area contributed by atoms with Gasteiger partial charge in [0.2, 0.25) is 5.95 Å². The van der Waals surface area contributed by atoms with E-state index in [9.17, 15) is 5.11 Å². The minimum absolute atomic E-state index is 0.202. The predicted octanol–water partition coefficient (Wildman–Crippen LogP) is 3.08. The molecule has 40 heavy (non-hydrogen) atoms. The topological polar surface area (TPSA) is 116 Å². The van der Waals surface area contributed by atoms with Gasteiger partial charge in [0.25, 0.3) is 0 Å². The number of pyridine rings is 2. The lowest BCUT2D eigenvalue weighted by Gasteiger charge is -2.34. The molecule has 4 aromatic heterocycles. The van der Waals surface area contributed by atoms with Crippen LogP contribution in [0.15, 0.2) is 36.7 Å². The Bertz CT molecular complexity index is 1510. The Balaban J connectivity index is 1.09. The molecule has 0 aliphatic carbocycles. The normalized spacial score (nSPS) is 21.4. The van der Waals surface area contributed by atoms with Crippen LogP contribution in [0.5, 0.6) is 0 Å². The number of likely N-dealkylation sites (tertiary alicyclic amines) is 1. The number of rotatable bonds is 7. The monoisotopic (exact) mass is 559 g/mol. The van der Waals surface area contributed by atoms with Crippen molar-refractivity contribution in [2.24, 2.45) is 0 Å². The highest BCUT2D eigenvalue weighted by Crippen LogP contribution is 2.35. The third-order valence-corrected chi connectivity index (χ3v) is 8.97. The summed E-state index contributed by atoms with van der Waals surface area (Å²) in [7, 11) is 0. The first kappa shape index (κ1) is 25.5. The summed E-state index contributed by atoms with van der Waals surface area (Å²) in [6.07, 6.45) is 5.83. The number of aryl methyl sites for hydroxylation is 1. The van der Waals surface area contributed by atoms with Crippen LogP contribution in [-0.2, 0) is 4.74 Å². The Labute approximate surface area is 236 Å². The van der Waals surface area contributed by atoms with Gasteiger partial charge >= 0.3 is 0 Å². The molecule has 0 aromatic carbocycles. The van der Waals surface area contributed by atoms with Gasteiger partial charge in [-0.3, -0.25) is 4.90 Å². The Hall–Kier alpha value is -3.45. The van der Waals surface area contributed by atoms with E-state index >= 15 is 0 Å². The molecule has 12 heteroatoms. The molecular weight excluding hydrogens is 526 g/mol. The molecule has 0 unspecified atom stereocenters. The van der Waals surface area contributed by atoms with Gasteiger partial charge < -0.3 is 25.0 Å². The Morgan fingerprint density at radius 3 is 2.88 bits per heavy atom. The standard InChI is InChI=1S/C28H33N9O2S/c1-18-11-25(34-28(31-18)37-17-20-13-21(37)16-36(20)6-8-38)33-24-14-22-23(15-30-24)40-27(32-22)19-3-4-29-26(12-19)35-5-2-9-39-10-7-35/h3-4,11-12,14-15,20-21,38H,2,5-10,13,16-17H2,1H3,(H,30,31,33,34)/t20-,21-/m0/s1. The van der Waals surface area contributed by atoms with Crippen molar-refractivity contribution in [3.63, 3.8) is 0 Å². The maximum absolute atomic E-state index is 9.34. The summed E-state index contributed by atoms with van der Waals surface area (Å²) < 4.78 is 6.63. The van der Waals surface area contributed by atoms with Gasteiger partial charge in [0.05, 0.1) is 23.4 Å². The van der Waals surface area contributed by atoms with Crippen molar-refractivity contribution < 1.29 is 9.84 Å². The molecule has 7 heterocycles. The van der Waals surface area contributed by atoms with Crippen LogP contribution in [0.4, 0.5) is 23.4 Å². The molecule has 0 amide bonds. The molecule has 2 N–H and O–H groups in total. The van der Waals surface area contributed by atoms with Crippen molar-refractivity contribution in [3.05, 3.63) is 42.4 Å². The molecule has 7 rings (SSSR count). The fraction of sp³-hybridized carbons (Fsp3) is 0.464. The second kappa shape index (κ2) is 10.8. The van der Waals surface area contributed by atoms with Gasteiger partial charge in [-0.05, 0) is 31.9 Å². The Morgan fingerprint density at radius 1 is 1.05 bits per heavy atom. The number of hydrogen-bond acceptors (Lipinski definition) is 12. The molecule has 3 fully saturated rings. The van der Waals surface area contributed by atoms with E-state index in [4.69, 9.17) is 19.7 Å². The second-order valence-electron chi connectivity index (χ2n) is 10.6. The predicted molar refractivity (Wildman–Crippen MR) is 157 cm³/mol. The highest BCUT2D eigenvalue weighted by molar-refractivity contribution is 7.21. The van der Waals surface area contributed by atoms with Gasteiger partial charge in [0, 0.05) is 87.2 Å². The summed E-state index contributed by atoms with van der Waals surface area (Å²) in [6, 6.07) is 8.90. The van der Waals surface area contributed by atoms with Crippen LogP contribution < -0.4 is 15.1 Å². The fourth-order valence-corrected chi connectivity index (χ4v) is 6.91. The number of nitrogens with one attached hydrogen (secondary N) is 1. The largest absolute Gasteiger partial charge is 0.395 e. The molecule has 2 bridgehead atoms. The fourth-order valence-electron chi connectivity index (χ4n) is 6.00. The summed E-state index contributed by atoms with van der Waals surface area (Å²) in [5.74, 6) is 3.13. The van der Waals surface area contributed by atoms with Crippen LogP contribution in [0.3, 0.4) is 0 Å². The third-order valence-electron chi connectivity index (χ3n) is 7.91. The number of nitrogens with zero attached hydrogens (tertiary/aromatic N) is 8. The van der Waals surface area contributed by atoms with Gasteiger partial charge in [0.15, 0.2) is 0 Å². The first-order valence-corrected chi connectivity index (χ1v) is 14.7. The maximum atomic E-state index is 9.34. The van der Waals surface area contributed by atoms with Crippen molar-refractivity contribution in [2.75, 3.05) is 67.7 Å². The smallest absolute Gasteiger partial charge is 0.227 e. The minimum atomic E-state index is 0.202. The number of fused-ring (bicyclic) bond motifs is 3. The summed E-state index contributed by atoms with van der Waals surface area (Å²) in [4.78, 5) is 30.8. The van der Waals surface area contributed by atoms with Crippen molar-refractivity contribution in [1.82, 2.24) is 29.8 Å². The summed E-state index contributed by atoms with van der Waals surface area (Å²) in [5, 5.41) is 13.7. The van der Waals surface area contributed by atoms with Gasteiger partial charge in [-0.1, -0.05) is 0 Å². The number of aliphatic hydroxyl groups excluding tert-OH is 1. The van der Waals surface area contributed by atoms with Crippen LogP contribution in [0.25, 0.3) is 20.8 Å². The minimum Gasteiger partial charge on any atom is -0.395 e. The highest BCUT2D eigenvalue weighted by atomic mass is 32.1. The van der Waals surface area contributed by atoms with Gasteiger partial charge in [0.1, 0.15) is 22.5 Å². The number of thiazole rings is 1. The molecule has 208 valence electrons. The van der Waals surface area contributed by atoms with Gasteiger partial charge in [-0.2, -0.15) is 4.98 Å². The van der Waals surface area contributed by atoms with E-state index in [-0.39, 0.29) is 6.61 Å². The molecule has 3 aliphatic rings. The molecule has 0 saturated carbocycles. The lowest BCUT2D eigenvalue weighted by Crippen LogP contribution is -2.47. The lowest BCUT2D eigenvalue weighted by atomic mass is 10.2. The number of aliphatic hydroxyl groups is 1. The third kappa shape index (κ3) is 5.07. The van der Waals surface area contributed by atoms with E-state index < -0.39 is 0 Å². The molecular formula is C28H33N9O2S. The van der Waals surface area contributed by atoms with Crippen molar-refractivity contribution >= 4 is 45.0 Å². The van der Waals surface area contributed by atoms with E-state index in [0.717, 1.165) is 103 Å². The zero-order valence-corrected chi connectivity index (χ0v) is 23.3. The van der Waals surface area contributed by atoms with Gasteiger partial charge in [-0.15, -0.1) is 11.3 Å². The van der Waals surface area contributed by atoms with Gasteiger partial charge in [-0.25, -0.2) is 19.9 Å². The molecule has 0 spiro atoms. The number of aromatic nitrogens is 5. The first-order chi connectivity index (χ1) is 19.6. The molecule has 3 aliphatic heterocycles. The summed E-state index contributed by atoms with van der Waals surface area (Å²) >= 11 is 1.63. The summed E-state index contributed by atoms with van der Waals surface area (Å²) in [6.45, 7) is 8.09. The molecule has 2 atom stereocenters. The number of anilines is 4. The van der Waals surface area contributed by atoms with E-state index in [2.05, 4.69) is 36.1 Å². The molecule has 0 radical (unpaired) electrons. The zero-order valence-electron chi connectivity index (χ0n) is 22.5. The lowest BCUT2D eigenvalue weighted by molar-refractivity contribution is 0.152.